The van der Waals surface area contributed by atoms with Gasteiger partial charge in [-0.15, -0.1) is 0 Å². The quantitative estimate of drug-likeness (QED) is 0.892. The van der Waals surface area contributed by atoms with Gasteiger partial charge in [0, 0.05) is 11.6 Å². The molecule has 0 radical (unpaired) electrons. The van der Waals surface area contributed by atoms with Crippen LogP contribution in [0.1, 0.15) is 46.2 Å². The molecule has 0 aromatic heterocycles. The number of rotatable bonds is 4. The molecular weight excluding hydrogens is 259 g/mol. The number of hydrogen-bond donors (Lipinski definition) is 2. The SMILES string of the molecule is CC(Oc1ccc(C(C)N)cc1F)C(=O)NC(C)(C)C. The molecule has 0 spiro atoms. The van der Waals surface area contributed by atoms with Gasteiger partial charge in [0.1, 0.15) is 0 Å². The molecule has 0 aliphatic heterocycles. The lowest BCUT2D eigenvalue weighted by Gasteiger charge is -2.23. The number of amides is 1. The standard InChI is InChI=1S/C15H23FN2O2/c1-9(17)11-6-7-13(12(16)8-11)20-10(2)14(19)18-15(3,4)5/h6-10H,17H2,1-5H3,(H,18,19). The van der Waals surface area contributed by atoms with Gasteiger partial charge in [-0.3, -0.25) is 4.79 Å². The van der Waals surface area contributed by atoms with Crippen LogP contribution in [0.25, 0.3) is 0 Å². The van der Waals surface area contributed by atoms with E-state index in [1.165, 1.54) is 12.1 Å². The number of nitrogens with one attached hydrogen (secondary N) is 1. The van der Waals surface area contributed by atoms with E-state index in [1.54, 1.807) is 19.9 Å². The average Bonchev–Trinajstić information content (AvgIpc) is 2.29. The molecule has 112 valence electrons. The highest BCUT2D eigenvalue weighted by molar-refractivity contribution is 5.81. The first-order chi connectivity index (χ1) is 9.10. The third kappa shape index (κ3) is 4.81. The molecule has 0 bridgehead atoms. The van der Waals surface area contributed by atoms with Crippen molar-refractivity contribution in [3.05, 3.63) is 29.6 Å². The summed E-state index contributed by atoms with van der Waals surface area (Å²) < 4.78 is 19.2. The maximum atomic E-state index is 13.9. The van der Waals surface area contributed by atoms with Crippen LogP contribution in [0.2, 0.25) is 0 Å². The minimum Gasteiger partial charge on any atom is -0.478 e. The second-order valence-corrected chi connectivity index (χ2v) is 5.98. The van der Waals surface area contributed by atoms with Crippen molar-refractivity contribution in [2.45, 2.75) is 52.3 Å². The van der Waals surface area contributed by atoms with Crippen LogP contribution in [0.5, 0.6) is 5.75 Å². The number of nitrogens with two attached hydrogens (primary N) is 1. The van der Waals surface area contributed by atoms with E-state index >= 15 is 0 Å². The van der Waals surface area contributed by atoms with Gasteiger partial charge < -0.3 is 15.8 Å². The topological polar surface area (TPSA) is 64.3 Å². The van der Waals surface area contributed by atoms with Gasteiger partial charge in [-0.05, 0) is 52.3 Å². The molecule has 1 rings (SSSR count). The van der Waals surface area contributed by atoms with Crippen molar-refractivity contribution in [2.24, 2.45) is 5.73 Å². The molecule has 20 heavy (non-hydrogen) atoms. The largest absolute Gasteiger partial charge is 0.478 e. The van der Waals surface area contributed by atoms with Gasteiger partial charge in [0.25, 0.3) is 5.91 Å². The Hall–Kier alpha value is -1.62. The molecule has 0 aliphatic rings. The second kappa shape index (κ2) is 6.22. The van der Waals surface area contributed by atoms with Gasteiger partial charge in [0.2, 0.25) is 0 Å². The zero-order valence-corrected chi connectivity index (χ0v) is 12.7. The highest BCUT2D eigenvalue weighted by Crippen LogP contribution is 2.22. The van der Waals surface area contributed by atoms with Crippen molar-refractivity contribution in [1.29, 1.82) is 0 Å². The van der Waals surface area contributed by atoms with E-state index in [9.17, 15) is 9.18 Å². The van der Waals surface area contributed by atoms with Gasteiger partial charge >= 0.3 is 0 Å². The summed E-state index contributed by atoms with van der Waals surface area (Å²) in [5.74, 6) is -0.755. The van der Waals surface area contributed by atoms with Crippen LogP contribution in [-0.4, -0.2) is 17.6 Å². The molecule has 4 nitrogen and oxygen atoms in total. The number of carbonyl (C=O) groups is 1. The van der Waals surface area contributed by atoms with Gasteiger partial charge in [-0.25, -0.2) is 4.39 Å². The van der Waals surface area contributed by atoms with Crippen molar-refractivity contribution >= 4 is 5.91 Å². The molecule has 1 aromatic rings. The van der Waals surface area contributed by atoms with E-state index < -0.39 is 11.9 Å². The number of benzene rings is 1. The Morgan fingerprint density at radius 1 is 1.35 bits per heavy atom. The first-order valence-corrected chi connectivity index (χ1v) is 6.64. The van der Waals surface area contributed by atoms with Crippen molar-refractivity contribution < 1.29 is 13.9 Å². The van der Waals surface area contributed by atoms with Crippen LogP contribution < -0.4 is 15.8 Å². The van der Waals surface area contributed by atoms with Gasteiger partial charge in [-0.1, -0.05) is 6.07 Å². The molecular formula is C15H23FN2O2. The van der Waals surface area contributed by atoms with E-state index in [1.807, 2.05) is 20.8 Å². The van der Waals surface area contributed by atoms with E-state index in [4.69, 9.17) is 10.5 Å². The monoisotopic (exact) mass is 282 g/mol. The Morgan fingerprint density at radius 3 is 2.40 bits per heavy atom. The molecule has 0 heterocycles. The normalized spacial score (nSPS) is 14.6. The fourth-order valence-corrected chi connectivity index (χ4v) is 1.61. The maximum absolute atomic E-state index is 13.9. The number of hydrogen-bond acceptors (Lipinski definition) is 3. The Bertz CT molecular complexity index is 481. The number of ether oxygens (including phenoxy) is 1. The first-order valence-electron chi connectivity index (χ1n) is 6.64. The van der Waals surface area contributed by atoms with Crippen molar-refractivity contribution in [3.63, 3.8) is 0 Å². The van der Waals surface area contributed by atoms with Crippen LogP contribution in [0.4, 0.5) is 4.39 Å². The Balaban J connectivity index is 2.76. The fraction of sp³-hybridized carbons (Fsp3) is 0.533. The number of carbonyl (C=O) groups excluding carboxylic acids is 1. The van der Waals surface area contributed by atoms with Crippen molar-refractivity contribution in [2.75, 3.05) is 0 Å². The summed E-state index contributed by atoms with van der Waals surface area (Å²) in [6, 6.07) is 4.26. The van der Waals surface area contributed by atoms with Crippen LogP contribution >= 0.6 is 0 Å². The molecule has 2 unspecified atom stereocenters. The van der Waals surface area contributed by atoms with Crippen LogP contribution in [0.15, 0.2) is 18.2 Å². The second-order valence-electron chi connectivity index (χ2n) is 5.98. The smallest absolute Gasteiger partial charge is 0.261 e. The molecule has 1 amide bonds. The van der Waals surface area contributed by atoms with Crippen LogP contribution in [-0.2, 0) is 4.79 Å². The van der Waals surface area contributed by atoms with E-state index in [2.05, 4.69) is 5.32 Å². The zero-order valence-electron chi connectivity index (χ0n) is 12.7. The van der Waals surface area contributed by atoms with Gasteiger partial charge in [-0.2, -0.15) is 0 Å². The fourth-order valence-electron chi connectivity index (χ4n) is 1.61. The molecule has 0 saturated carbocycles. The third-order valence-electron chi connectivity index (χ3n) is 2.65. The van der Waals surface area contributed by atoms with Gasteiger partial charge in [0.05, 0.1) is 0 Å². The summed E-state index contributed by atoms with van der Waals surface area (Å²) in [5.41, 5.74) is 6.01. The summed E-state index contributed by atoms with van der Waals surface area (Å²) >= 11 is 0. The minimum atomic E-state index is -0.773. The molecule has 0 aliphatic carbocycles. The summed E-state index contributed by atoms with van der Waals surface area (Å²) in [6.07, 6.45) is -0.773. The molecule has 1 aromatic carbocycles. The maximum Gasteiger partial charge on any atom is 0.261 e. The van der Waals surface area contributed by atoms with Crippen molar-refractivity contribution in [1.82, 2.24) is 5.32 Å². The van der Waals surface area contributed by atoms with E-state index in [0.717, 1.165) is 0 Å². The predicted molar refractivity (Wildman–Crippen MR) is 77.0 cm³/mol. The minimum absolute atomic E-state index is 0.0472. The molecule has 5 heteroatoms. The van der Waals surface area contributed by atoms with Gasteiger partial charge in [0.15, 0.2) is 17.7 Å². The van der Waals surface area contributed by atoms with Crippen LogP contribution in [0, 0.1) is 5.82 Å². The van der Waals surface area contributed by atoms with E-state index in [0.29, 0.717) is 5.56 Å². The summed E-state index contributed by atoms with van der Waals surface area (Å²) in [5, 5.41) is 2.78. The first kappa shape index (κ1) is 16.4. The summed E-state index contributed by atoms with van der Waals surface area (Å²) in [6.45, 7) is 8.97. The lowest BCUT2D eigenvalue weighted by molar-refractivity contribution is -0.128. The molecule has 2 atom stereocenters. The lowest BCUT2D eigenvalue weighted by Crippen LogP contribution is -2.46. The molecule has 0 fully saturated rings. The predicted octanol–water partition coefficient (Wildman–Crippen LogP) is 2.53. The van der Waals surface area contributed by atoms with Crippen molar-refractivity contribution in [3.8, 4) is 5.75 Å². The highest BCUT2D eigenvalue weighted by atomic mass is 19.1. The Morgan fingerprint density at radius 2 is 1.95 bits per heavy atom. The lowest BCUT2D eigenvalue weighted by atomic mass is 10.1. The summed E-state index contributed by atoms with van der Waals surface area (Å²) in [4.78, 5) is 11.9. The zero-order chi connectivity index (χ0) is 15.5. The molecule has 3 N–H and O–H groups in total. The Kier molecular flexibility index (Phi) is 5.11. The average molecular weight is 282 g/mol. The Labute approximate surface area is 119 Å². The highest BCUT2D eigenvalue weighted by Gasteiger charge is 2.21. The molecule has 0 saturated heterocycles. The summed E-state index contributed by atoms with van der Waals surface area (Å²) in [7, 11) is 0. The number of halogens is 1. The van der Waals surface area contributed by atoms with Crippen LogP contribution in [0.3, 0.4) is 0 Å². The third-order valence-corrected chi connectivity index (χ3v) is 2.65. The van der Waals surface area contributed by atoms with E-state index in [-0.39, 0.29) is 23.2 Å².